The second kappa shape index (κ2) is 17.8. The number of nitrogens with zero attached hydrogens (tertiary/aromatic N) is 1. The van der Waals surface area contributed by atoms with E-state index in [2.05, 4.69) is 27.8 Å². The monoisotopic (exact) mass is 603 g/mol. The van der Waals surface area contributed by atoms with Crippen LogP contribution in [0.5, 0.6) is 0 Å². The van der Waals surface area contributed by atoms with Crippen LogP contribution in [0.15, 0.2) is 12.7 Å². The van der Waals surface area contributed by atoms with Gasteiger partial charge in [-0.2, -0.15) is 0 Å². The van der Waals surface area contributed by atoms with Crippen molar-refractivity contribution in [1.29, 1.82) is 0 Å². The number of rotatable bonds is 16. The molecule has 1 saturated heterocycles. The van der Waals surface area contributed by atoms with Gasteiger partial charge in [-0.15, -0.1) is 6.58 Å². The Bertz CT molecular complexity index is 1010. The lowest BCUT2D eigenvalue weighted by molar-refractivity contribution is -0.143. The van der Waals surface area contributed by atoms with Crippen molar-refractivity contribution >= 4 is 35.3 Å². The number of nitrogens with one attached hydrogen (secondary N) is 4. The maximum atomic E-state index is 14.0. The smallest absolute Gasteiger partial charge is 0.315 e. The highest BCUT2D eigenvalue weighted by molar-refractivity contribution is 6.38. The fourth-order valence-corrected chi connectivity index (χ4v) is 5.95. The molecular weight excluding hydrogens is 550 g/mol. The highest BCUT2D eigenvalue weighted by Gasteiger charge is 2.43. The topological polar surface area (TPSA) is 154 Å². The zero-order valence-electron chi connectivity index (χ0n) is 26.7. The third kappa shape index (κ3) is 11.8. The number of allylic oxidation sites excluding steroid dienone is 1. The fraction of sp³-hybridized carbons (Fsp3) is 0.750. The van der Waals surface area contributed by atoms with Crippen molar-refractivity contribution in [3.05, 3.63) is 12.7 Å². The first-order valence-corrected chi connectivity index (χ1v) is 16.0. The molecule has 2 aliphatic rings. The summed E-state index contributed by atoms with van der Waals surface area (Å²) in [6, 6.07) is -3.22. The highest BCUT2D eigenvalue weighted by Crippen LogP contribution is 2.30. The van der Waals surface area contributed by atoms with Crippen molar-refractivity contribution in [3.8, 4) is 0 Å². The third-order valence-corrected chi connectivity index (χ3v) is 8.03. The lowest BCUT2D eigenvalue weighted by Gasteiger charge is -2.35. The summed E-state index contributed by atoms with van der Waals surface area (Å²) < 4.78 is 0. The Morgan fingerprint density at radius 3 is 2.23 bits per heavy atom. The summed E-state index contributed by atoms with van der Waals surface area (Å²) in [6.07, 6.45) is 7.76. The van der Waals surface area contributed by atoms with Crippen molar-refractivity contribution in [3.63, 3.8) is 0 Å². The number of carbonyl (C=O) groups excluding carboxylic acids is 6. The number of hydrogen-bond donors (Lipinski definition) is 4. The van der Waals surface area contributed by atoms with Gasteiger partial charge in [0.2, 0.25) is 17.6 Å². The van der Waals surface area contributed by atoms with Crippen LogP contribution in [0.2, 0.25) is 0 Å². The summed E-state index contributed by atoms with van der Waals surface area (Å²) >= 11 is 0. The third-order valence-electron chi connectivity index (χ3n) is 8.03. The van der Waals surface area contributed by atoms with E-state index >= 15 is 0 Å². The summed E-state index contributed by atoms with van der Waals surface area (Å²) in [5.41, 5.74) is 0. The number of carbonyl (C=O) groups is 6. The highest BCUT2D eigenvalue weighted by atomic mass is 16.2. The Balaban J connectivity index is 2.15. The molecule has 1 aliphatic carbocycles. The molecule has 1 saturated carbocycles. The van der Waals surface area contributed by atoms with E-state index in [1.807, 2.05) is 34.6 Å². The van der Waals surface area contributed by atoms with E-state index in [4.69, 9.17) is 0 Å². The molecule has 4 atom stereocenters. The zero-order chi connectivity index (χ0) is 32.1. The molecule has 2 fully saturated rings. The van der Waals surface area contributed by atoms with Gasteiger partial charge in [0.25, 0.3) is 5.91 Å². The van der Waals surface area contributed by atoms with Gasteiger partial charge in [0.15, 0.2) is 0 Å². The molecule has 1 aliphatic heterocycles. The Kier molecular flexibility index (Phi) is 14.9. The number of likely N-dealkylation sites (tertiary alicyclic amines) is 1. The second-order valence-electron chi connectivity index (χ2n) is 12.9. The van der Waals surface area contributed by atoms with Gasteiger partial charge in [-0.3, -0.25) is 24.0 Å². The van der Waals surface area contributed by atoms with Gasteiger partial charge >= 0.3 is 6.03 Å². The maximum absolute atomic E-state index is 14.0. The number of Topliss-reactive ketones (excluding diaryl/α,β-unsaturated/α-hetero) is 2. The molecule has 242 valence electrons. The summed E-state index contributed by atoms with van der Waals surface area (Å²) in [7, 11) is 0. The normalized spacial score (nSPS) is 20.3. The molecule has 0 radical (unpaired) electrons. The van der Waals surface area contributed by atoms with Gasteiger partial charge in [-0.1, -0.05) is 46.1 Å². The standard InChI is InChI=1S/C32H53N5O6/c1-7-8-14-25(28(39)30(41)33-16-15-24(38)17-20(2)3)35-29(40)26-18-22(6)19-37(26)31(42)27(23-12-10-9-11-13-23)36-32(43)34-21(4)5/h7,20-23,25-27H,1,8-19H2,2-6H3,(H,33,41)(H,35,40)(H2,34,36,43). The first-order valence-electron chi connectivity index (χ1n) is 16.0. The minimum absolute atomic E-state index is 0.00192. The molecule has 11 heteroatoms. The van der Waals surface area contributed by atoms with Crippen LogP contribution in [0.3, 0.4) is 0 Å². The van der Waals surface area contributed by atoms with Gasteiger partial charge in [-0.05, 0) is 63.7 Å². The van der Waals surface area contributed by atoms with Crippen LogP contribution in [-0.4, -0.2) is 77.5 Å². The van der Waals surface area contributed by atoms with E-state index < -0.39 is 41.8 Å². The van der Waals surface area contributed by atoms with Crippen LogP contribution in [0.25, 0.3) is 0 Å². The number of hydrogen-bond acceptors (Lipinski definition) is 6. The minimum atomic E-state index is -1.10. The first-order chi connectivity index (χ1) is 20.3. The Morgan fingerprint density at radius 2 is 1.63 bits per heavy atom. The average Bonchev–Trinajstić information content (AvgIpc) is 3.34. The molecule has 4 N–H and O–H groups in total. The van der Waals surface area contributed by atoms with E-state index in [1.165, 1.54) is 4.90 Å². The van der Waals surface area contributed by atoms with E-state index in [0.29, 0.717) is 25.8 Å². The summed E-state index contributed by atoms with van der Waals surface area (Å²) in [6.45, 7) is 13.6. The summed E-state index contributed by atoms with van der Waals surface area (Å²) in [4.78, 5) is 79.5. The fourth-order valence-electron chi connectivity index (χ4n) is 5.95. The number of amides is 5. The lowest BCUT2D eigenvalue weighted by Crippen LogP contribution is -2.59. The van der Waals surface area contributed by atoms with Gasteiger partial charge in [-0.25, -0.2) is 4.79 Å². The molecule has 2 rings (SSSR count). The van der Waals surface area contributed by atoms with Crippen molar-refractivity contribution < 1.29 is 28.8 Å². The largest absolute Gasteiger partial charge is 0.349 e. The predicted molar refractivity (Wildman–Crippen MR) is 165 cm³/mol. The van der Waals surface area contributed by atoms with Crippen LogP contribution < -0.4 is 21.3 Å². The second-order valence-corrected chi connectivity index (χ2v) is 12.9. The van der Waals surface area contributed by atoms with Gasteiger partial charge < -0.3 is 26.2 Å². The minimum Gasteiger partial charge on any atom is -0.349 e. The molecule has 5 amide bonds. The average molecular weight is 604 g/mol. The van der Waals surface area contributed by atoms with Gasteiger partial charge in [0, 0.05) is 32.0 Å². The van der Waals surface area contributed by atoms with Crippen LogP contribution in [0, 0.1) is 17.8 Å². The van der Waals surface area contributed by atoms with Gasteiger partial charge in [0.1, 0.15) is 17.9 Å². The molecule has 43 heavy (non-hydrogen) atoms. The van der Waals surface area contributed by atoms with E-state index in [9.17, 15) is 28.8 Å². The van der Waals surface area contributed by atoms with Crippen LogP contribution in [-0.2, 0) is 24.0 Å². The van der Waals surface area contributed by atoms with E-state index in [1.54, 1.807) is 6.08 Å². The quantitative estimate of drug-likeness (QED) is 0.157. The molecule has 0 spiro atoms. The Morgan fingerprint density at radius 1 is 0.953 bits per heavy atom. The molecule has 0 bridgehead atoms. The lowest BCUT2D eigenvalue weighted by atomic mass is 9.83. The first kappa shape index (κ1) is 36.0. The molecule has 11 nitrogen and oxygen atoms in total. The molecule has 1 heterocycles. The SMILES string of the molecule is C=CCCC(NC(=O)C1CC(C)CN1C(=O)C(NC(=O)NC(C)C)C1CCCCC1)C(=O)C(=O)NCCC(=O)CC(C)C. The summed E-state index contributed by atoms with van der Waals surface area (Å²) in [5.74, 6) is -2.26. The number of ketones is 2. The zero-order valence-corrected chi connectivity index (χ0v) is 26.7. The van der Waals surface area contributed by atoms with Crippen molar-refractivity contribution in [2.45, 2.75) is 123 Å². The van der Waals surface area contributed by atoms with E-state index in [0.717, 1.165) is 32.1 Å². The molecule has 0 aromatic heterocycles. The van der Waals surface area contributed by atoms with Crippen molar-refractivity contribution in [2.75, 3.05) is 13.1 Å². The Hall–Kier alpha value is -3.24. The maximum Gasteiger partial charge on any atom is 0.315 e. The molecular formula is C32H53N5O6. The van der Waals surface area contributed by atoms with Gasteiger partial charge in [0.05, 0.1) is 6.04 Å². The molecule has 4 unspecified atom stereocenters. The van der Waals surface area contributed by atoms with Crippen molar-refractivity contribution in [1.82, 2.24) is 26.2 Å². The predicted octanol–water partition coefficient (Wildman–Crippen LogP) is 3.02. The van der Waals surface area contributed by atoms with E-state index in [-0.39, 0.29) is 54.9 Å². The number of urea groups is 1. The Labute approximate surface area is 256 Å². The van der Waals surface area contributed by atoms with Crippen LogP contribution >= 0.6 is 0 Å². The molecule has 0 aromatic rings. The summed E-state index contributed by atoms with van der Waals surface area (Å²) in [5, 5.41) is 10.9. The van der Waals surface area contributed by atoms with Crippen molar-refractivity contribution in [2.24, 2.45) is 17.8 Å². The van der Waals surface area contributed by atoms with Crippen LogP contribution in [0.1, 0.15) is 98.8 Å². The molecule has 0 aromatic carbocycles. The van der Waals surface area contributed by atoms with Crippen LogP contribution in [0.4, 0.5) is 4.79 Å².